The summed E-state index contributed by atoms with van der Waals surface area (Å²) in [5, 5.41) is 0.930. The van der Waals surface area contributed by atoms with Crippen molar-refractivity contribution in [1.82, 2.24) is 4.98 Å². The quantitative estimate of drug-likeness (QED) is 0.627. The zero-order chi connectivity index (χ0) is 15.3. The Bertz CT molecular complexity index is 696. The molecule has 1 aromatic carbocycles. The van der Waals surface area contributed by atoms with Crippen molar-refractivity contribution in [2.45, 2.75) is 38.9 Å². The second kappa shape index (κ2) is 4.65. The third kappa shape index (κ3) is 2.17. The molecule has 0 saturated carbocycles. The summed E-state index contributed by atoms with van der Waals surface area (Å²) in [6, 6.07) is 7.61. The largest absolute Gasteiger partial charge is 0.495 e. The van der Waals surface area contributed by atoms with Crippen molar-refractivity contribution in [1.29, 1.82) is 0 Å². The standard InChI is InChI=1S/C16H18BNO3/c1-15(2)16(3,4)21-17(20-15)13-8-7-11-6-5-9-18-14(11)12(13)10-19/h5-10H,1-4H3. The lowest BCUT2D eigenvalue weighted by Crippen LogP contribution is -2.41. The van der Waals surface area contributed by atoms with Crippen molar-refractivity contribution in [3.05, 3.63) is 36.0 Å². The van der Waals surface area contributed by atoms with Crippen LogP contribution in [0.5, 0.6) is 0 Å². The number of benzene rings is 1. The average molecular weight is 283 g/mol. The summed E-state index contributed by atoms with van der Waals surface area (Å²) in [6.07, 6.45) is 2.51. The summed E-state index contributed by atoms with van der Waals surface area (Å²) in [5.74, 6) is 0. The first-order valence-electron chi connectivity index (χ1n) is 7.04. The number of fused-ring (bicyclic) bond motifs is 1. The molecule has 1 saturated heterocycles. The lowest BCUT2D eigenvalue weighted by molar-refractivity contribution is 0.00578. The Kier molecular flexibility index (Phi) is 3.15. The molecule has 1 aliphatic heterocycles. The maximum absolute atomic E-state index is 11.6. The third-order valence-corrected chi connectivity index (χ3v) is 4.47. The molecule has 5 heteroatoms. The Morgan fingerprint density at radius 1 is 1.10 bits per heavy atom. The Morgan fingerprint density at radius 2 is 1.76 bits per heavy atom. The number of pyridine rings is 1. The van der Waals surface area contributed by atoms with Crippen LogP contribution in [0.4, 0.5) is 0 Å². The van der Waals surface area contributed by atoms with Gasteiger partial charge in [0, 0.05) is 17.1 Å². The smallest absolute Gasteiger partial charge is 0.399 e. The van der Waals surface area contributed by atoms with Gasteiger partial charge >= 0.3 is 7.12 Å². The van der Waals surface area contributed by atoms with Gasteiger partial charge in [0.15, 0.2) is 6.29 Å². The summed E-state index contributed by atoms with van der Waals surface area (Å²) in [4.78, 5) is 15.9. The van der Waals surface area contributed by atoms with E-state index in [-0.39, 0.29) is 0 Å². The van der Waals surface area contributed by atoms with Crippen LogP contribution in [0.3, 0.4) is 0 Å². The molecule has 0 spiro atoms. The first kappa shape index (κ1) is 14.2. The number of hydrogen-bond acceptors (Lipinski definition) is 4. The predicted octanol–water partition coefficient (Wildman–Crippen LogP) is 2.35. The van der Waals surface area contributed by atoms with E-state index in [1.807, 2.05) is 52.0 Å². The minimum atomic E-state index is -0.554. The van der Waals surface area contributed by atoms with Gasteiger partial charge in [-0.25, -0.2) is 0 Å². The number of aromatic nitrogens is 1. The van der Waals surface area contributed by atoms with Gasteiger partial charge in [0.05, 0.1) is 16.7 Å². The van der Waals surface area contributed by atoms with Crippen LogP contribution >= 0.6 is 0 Å². The van der Waals surface area contributed by atoms with E-state index in [9.17, 15) is 4.79 Å². The average Bonchev–Trinajstić information content (AvgIpc) is 2.66. The number of carbonyl (C=O) groups is 1. The highest BCUT2D eigenvalue weighted by Crippen LogP contribution is 2.36. The van der Waals surface area contributed by atoms with Gasteiger partial charge in [-0.1, -0.05) is 18.2 Å². The van der Waals surface area contributed by atoms with Crippen molar-refractivity contribution in [3.8, 4) is 0 Å². The minimum absolute atomic E-state index is 0.434. The van der Waals surface area contributed by atoms with Crippen molar-refractivity contribution in [2.75, 3.05) is 0 Å². The normalized spacial score (nSPS) is 19.9. The summed E-state index contributed by atoms with van der Waals surface area (Å²) in [5.41, 5.74) is 1.08. The molecular formula is C16H18BNO3. The second-order valence-corrected chi connectivity index (χ2v) is 6.35. The fraction of sp³-hybridized carbons (Fsp3) is 0.375. The van der Waals surface area contributed by atoms with Gasteiger partial charge in [0.2, 0.25) is 0 Å². The molecule has 2 aromatic rings. The molecule has 1 aliphatic rings. The van der Waals surface area contributed by atoms with Crippen LogP contribution in [0.2, 0.25) is 0 Å². The van der Waals surface area contributed by atoms with Gasteiger partial charge in [-0.3, -0.25) is 9.78 Å². The molecule has 1 fully saturated rings. The van der Waals surface area contributed by atoms with Gasteiger partial charge < -0.3 is 9.31 Å². The van der Waals surface area contributed by atoms with Crippen molar-refractivity contribution in [2.24, 2.45) is 0 Å². The van der Waals surface area contributed by atoms with Crippen LogP contribution in [0.15, 0.2) is 30.5 Å². The number of rotatable bonds is 2. The van der Waals surface area contributed by atoms with E-state index in [0.29, 0.717) is 11.1 Å². The number of aldehydes is 1. The van der Waals surface area contributed by atoms with E-state index >= 15 is 0 Å². The third-order valence-electron chi connectivity index (χ3n) is 4.47. The predicted molar refractivity (Wildman–Crippen MR) is 82.8 cm³/mol. The van der Waals surface area contributed by atoms with Gasteiger partial charge in [0.1, 0.15) is 0 Å². The molecule has 0 aliphatic carbocycles. The van der Waals surface area contributed by atoms with E-state index in [4.69, 9.17) is 9.31 Å². The van der Waals surface area contributed by atoms with E-state index in [0.717, 1.165) is 17.1 Å². The summed E-state index contributed by atoms with van der Waals surface area (Å²) >= 11 is 0. The molecule has 0 atom stereocenters. The zero-order valence-corrected chi connectivity index (χ0v) is 12.7. The summed E-state index contributed by atoms with van der Waals surface area (Å²) < 4.78 is 12.1. The highest BCUT2D eigenvalue weighted by Gasteiger charge is 2.52. The number of hydrogen-bond donors (Lipinski definition) is 0. The van der Waals surface area contributed by atoms with Gasteiger partial charge in [-0.2, -0.15) is 0 Å². The molecule has 0 bridgehead atoms. The molecule has 4 nitrogen and oxygen atoms in total. The summed E-state index contributed by atoms with van der Waals surface area (Å²) in [6.45, 7) is 7.97. The zero-order valence-electron chi connectivity index (χ0n) is 12.7. The number of nitrogens with zero attached hydrogens (tertiary/aromatic N) is 1. The second-order valence-electron chi connectivity index (χ2n) is 6.35. The lowest BCUT2D eigenvalue weighted by Gasteiger charge is -2.32. The molecule has 3 rings (SSSR count). The maximum Gasteiger partial charge on any atom is 0.495 e. The Morgan fingerprint density at radius 3 is 2.38 bits per heavy atom. The van der Waals surface area contributed by atoms with Crippen LogP contribution < -0.4 is 5.46 Å². The van der Waals surface area contributed by atoms with E-state index in [2.05, 4.69) is 4.98 Å². The molecule has 0 radical (unpaired) electrons. The molecular weight excluding hydrogens is 265 g/mol. The fourth-order valence-corrected chi connectivity index (χ4v) is 2.48. The summed E-state index contributed by atoms with van der Waals surface area (Å²) in [7, 11) is -0.554. The highest BCUT2D eigenvalue weighted by atomic mass is 16.7. The molecule has 2 heterocycles. The molecule has 0 amide bonds. The lowest BCUT2D eigenvalue weighted by atomic mass is 9.75. The van der Waals surface area contributed by atoms with E-state index in [1.165, 1.54) is 0 Å². The Labute approximate surface area is 124 Å². The Hall–Kier alpha value is -1.72. The van der Waals surface area contributed by atoms with Crippen molar-refractivity contribution < 1.29 is 14.1 Å². The van der Waals surface area contributed by atoms with E-state index < -0.39 is 18.3 Å². The van der Waals surface area contributed by atoms with E-state index in [1.54, 1.807) is 6.20 Å². The van der Waals surface area contributed by atoms with Gasteiger partial charge in [0.25, 0.3) is 0 Å². The first-order valence-corrected chi connectivity index (χ1v) is 7.04. The first-order chi connectivity index (χ1) is 9.86. The molecule has 21 heavy (non-hydrogen) atoms. The van der Waals surface area contributed by atoms with Crippen LogP contribution in [0.1, 0.15) is 38.1 Å². The highest BCUT2D eigenvalue weighted by molar-refractivity contribution is 6.64. The molecule has 108 valence electrons. The van der Waals surface area contributed by atoms with Gasteiger partial charge in [-0.05, 0) is 39.2 Å². The van der Waals surface area contributed by atoms with Crippen molar-refractivity contribution in [3.63, 3.8) is 0 Å². The topological polar surface area (TPSA) is 48.4 Å². The SMILES string of the molecule is CC1(C)OB(c2ccc3cccnc3c2C=O)OC1(C)C. The van der Waals surface area contributed by atoms with Crippen LogP contribution in [0, 0.1) is 0 Å². The van der Waals surface area contributed by atoms with Crippen LogP contribution in [-0.2, 0) is 9.31 Å². The Balaban J connectivity index is 2.12. The minimum Gasteiger partial charge on any atom is -0.399 e. The fourth-order valence-electron chi connectivity index (χ4n) is 2.48. The van der Waals surface area contributed by atoms with Crippen LogP contribution in [-0.4, -0.2) is 29.6 Å². The van der Waals surface area contributed by atoms with Crippen LogP contribution in [0.25, 0.3) is 10.9 Å². The molecule has 0 unspecified atom stereocenters. The monoisotopic (exact) mass is 283 g/mol. The van der Waals surface area contributed by atoms with Gasteiger partial charge in [-0.15, -0.1) is 0 Å². The number of carbonyl (C=O) groups excluding carboxylic acids is 1. The molecule has 1 aromatic heterocycles. The molecule has 0 N–H and O–H groups in total. The van der Waals surface area contributed by atoms with Crippen molar-refractivity contribution >= 4 is 29.8 Å². The maximum atomic E-state index is 11.6.